The van der Waals surface area contributed by atoms with Gasteiger partial charge in [-0.05, 0) is 41.7 Å². The normalized spacial score (nSPS) is 13.8. The molecular formula is C19H18N4O3S. The molecule has 1 amide bonds. The molecular weight excluding hydrogens is 364 g/mol. The van der Waals surface area contributed by atoms with E-state index in [0.29, 0.717) is 17.2 Å². The van der Waals surface area contributed by atoms with Gasteiger partial charge in [-0.2, -0.15) is 0 Å². The van der Waals surface area contributed by atoms with E-state index in [4.69, 9.17) is 5.73 Å². The average molecular weight is 382 g/mol. The lowest BCUT2D eigenvalue weighted by Crippen LogP contribution is -2.18. The lowest BCUT2D eigenvalue weighted by atomic mass is 10.0. The molecule has 1 saturated carbocycles. The van der Waals surface area contributed by atoms with Crippen LogP contribution in [-0.4, -0.2) is 30.6 Å². The highest BCUT2D eigenvalue weighted by molar-refractivity contribution is 7.71. The lowest BCUT2D eigenvalue weighted by molar-refractivity contribution is 0.0995. The molecule has 138 valence electrons. The van der Waals surface area contributed by atoms with E-state index in [0.717, 1.165) is 34.9 Å². The third-order valence-corrected chi connectivity index (χ3v) is 5.14. The number of amides is 1. The Hall–Kier alpha value is -3.00. The van der Waals surface area contributed by atoms with Crippen LogP contribution in [0.4, 0.5) is 5.69 Å². The molecule has 0 aliphatic heterocycles. The molecule has 27 heavy (non-hydrogen) atoms. The molecule has 0 spiro atoms. The maximum absolute atomic E-state index is 11.7. The van der Waals surface area contributed by atoms with Gasteiger partial charge < -0.3 is 11.1 Å². The Morgan fingerprint density at radius 2 is 1.78 bits per heavy atom. The smallest absolute Gasteiger partial charge is 0.271 e. The Kier molecular flexibility index (Phi) is 4.49. The molecule has 3 N–H and O–H groups in total. The summed E-state index contributed by atoms with van der Waals surface area (Å²) >= 11 is 0. The summed E-state index contributed by atoms with van der Waals surface area (Å²) in [6.45, 7) is 0. The first kappa shape index (κ1) is 17.4. The van der Waals surface area contributed by atoms with Gasteiger partial charge in [-0.25, -0.2) is 8.42 Å². The average Bonchev–Trinajstić information content (AvgIpc) is 3.45. The zero-order valence-corrected chi connectivity index (χ0v) is 15.3. The predicted molar refractivity (Wildman–Crippen MR) is 104 cm³/mol. The van der Waals surface area contributed by atoms with E-state index in [1.54, 1.807) is 12.1 Å². The molecule has 0 atom stereocenters. The van der Waals surface area contributed by atoms with Crippen molar-refractivity contribution >= 4 is 33.2 Å². The van der Waals surface area contributed by atoms with Crippen molar-refractivity contribution < 1.29 is 13.2 Å². The van der Waals surface area contributed by atoms with Crippen LogP contribution in [0.3, 0.4) is 0 Å². The Morgan fingerprint density at radius 3 is 2.41 bits per heavy atom. The molecule has 3 aromatic rings. The molecule has 2 aromatic carbocycles. The van der Waals surface area contributed by atoms with Crippen molar-refractivity contribution in [2.24, 2.45) is 5.73 Å². The molecule has 1 fully saturated rings. The molecule has 8 heteroatoms. The first-order chi connectivity index (χ1) is 13.0. The molecule has 1 aliphatic carbocycles. The van der Waals surface area contributed by atoms with E-state index in [1.807, 2.05) is 30.3 Å². The van der Waals surface area contributed by atoms with Crippen molar-refractivity contribution in [1.29, 1.82) is 0 Å². The third kappa shape index (κ3) is 3.75. The molecule has 4 rings (SSSR count). The summed E-state index contributed by atoms with van der Waals surface area (Å²) < 4.78 is 21.7. The van der Waals surface area contributed by atoms with Crippen molar-refractivity contribution in [3.8, 4) is 11.1 Å². The number of benzene rings is 2. The Morgan fingerprint density at radius 1 is 1.07 bits per heavy atom. The van der Waals surface area contributed by atoms with Crippen LogP contribution in [-0.2, 0) is 16.5 Å². The summed E-state index contributed by atoms with van der Waals surface area (Å²) in [5, 5.41) is 12.3. The summed E-state index contributed by atoms with van der Waals surface area (Å²) in [7, 11) is -2.44. The van der Waals surface area contributed by atoms with E-state index in [9.17, 15) is 13.2 Å². The van der Waals surface area contributed by atoms with Crippen LogP contribution in [0, 0.1) is 0 Å². The van der Waals surface area contributed by atoms with Gasteiger partial charge in [0.1, 0.15) is 10.7 Å². The number of nitrogens with two attached hydrogens (primary N) is 1. The van der Waals surface area contributed by atoms with Gasteiger partial charge in [-0.1, -0.05) is 30.3 Å². The molecule has 1 heterocycles. The fourth-order valence-corrected chi connectivity index (χ4v) is 3.50. The number of carbonyl (C=O) groups is 1. The van der Waals surface area contributed by atoms with Crippen LogP contribution >= 0.6 is 0 Å². The minimum Gasteiger partial charge on any atom is -0.380 e. The minimum absolute atomic E-state index is 0.0326. The number of anilines is 1. The molecule has 0 radical (unpaired) electrons. The SMILES string of the molecule is NC(=O)c1nnc2cc(-c3ccc(C[SH](=O)=O)cc3)ccc2c1NC1CC1. The number of primary amides is 1. The molecule has 1 aliphatic rings. The van der Waals surface area contributed by atoms with Crippen molar-refractivity contribution in [2.75, 3.05) is 5.32 Å². The van der Waals surface area contributed by atoms with Gasteiger partial charge in [-0.3, -0.25) is 4.79 Å². The molecule has 0 bridgehead atoms. The summed E-state index contributed by atoms with van der Waals surface area (Å²) in [5.41, 5.74) is 9.51. The second-order valence-electron chi connectivity index (χ2n) is 6.63. The number of nitrogens with zero attached hydrogens (tertiary/aromatic N) is 2. The summed E-state index contributed by atoms with van der Waals surface area (Å²) in [5.74, 6) is -0.575. The number of thiol groups is 1. The van der Waals surface area contributed by atoms with Gasteiger partial charge in [0.05, 0.1) is 17.0 Å². The van der Waals surface area contributed by atoms with Crippen molar-refractivity contribution in [3.63, 3.8) is 0 Å². The third-order valence-electron chi connectivity index (χ3n) is 4.52. The van der Waals surface area contributed by atoms with E-state index in [-0.39, 0.29) is 11.4 Å². The molecule has 1 aromatic heterocycles. The molecule has 0 saturated heterocycles. The van der Waals surface area contributed by atoms with Gasteiger partial charge in [0.25, 0.3) is 5.91 Å². The summed E-state index contributed by atoms with van der Waals surface area (Å²) in [6, 6.07) is 13.4. The van der Waals surface area contributed by atoms with Gasteiger partial charge in [-0.15, -0.1) is 10.2 Å². The predicted octanol–water partition coefficient (Wildman–Crippen LogP) is 2.08. The maximum atomic E-state index is 11.7. The number of rotatable bonds is 6. The highest BCUT2D eigenvalue weighted by Crippen LogP contribution is 2.33. The topological polar surface area (TPSA) is 115 Å². The van der Waals surface area contributed by atoms with Crippen molar-refractivity contribution in [3.05, 3.63) is 53.7 Å². The van der Waals surface area contributed by atoms with Crippen molar-refractivity contribution in [2.45, 2.75) is 24.6 Å². The zero-order valence-electron chi connectivity index (χ0n) is 14.4. The second kappa shape index (κ2) is 6.96. The van der Waals surface area contributed by atoms with E-state index >= 15 is 0 Å². The lowest BCUT2D eigenvalue weighted by Gasteiger charge is -2.12. The van der Waals surface area contributed by atoms with E-state index < -0.39 is 16.6 Å². The fourth-order valence-electron chi connectivity index (χ4n) is 2.99. The largest absolute Gasteiger partial charge is 0.380 e. The number of aromatic nitrogens is 2. The van der Waals surface area contributed by atoms with Crippen LogP contribution in [0.25, 0.3) is 22.0 Å². The fraction of sp³-hybridized carbons (Fsp3) is 0.211. The van der Waals surface area contributed by atoms with Crippen LogP contribution in [0.5, 0.6) is 0 Å². The number of fused-ring (bicyclic) bond motifs is 1. The number of carbonyl (C=O) groups excluding carboxylic acids is 1. The highest BCUT2D eigenvalue weighted by atomic mass is 32.2. The van der Waals surface area contributed by atoms with Gasteiger partial charge >= 0.3 is 0 Å². The van der Waals surface area contributed by atoms with Crippen LogP contribution in [0.15, 0.2) is 42.5 Å². The number of hydrogen-bond donors (Lipinski definition) is 3. The second-order valence-corrected chi connectivity index (χ2v) is 7.61. The Labute approximate surface area is 157 Å². The quantitative estimate of drug-likeness (QED) is 0.562. The first-order valence-corrected chi connectivity index (χ1v) is 9.95. The van der Waals surface area contributed by atoms with Crippen LogP contribution in [0.1, 0.15) is 28.9 Å². The van der Waals surface area contributed by atoms with Crippen LogP contribution < -0.4 is 11.1 Å². The van der Waals surface area contributed by atoms with Crippen molar-refractivity contribution in [1.82, 2.24) is 10.2 Å². The minimum atomic E-state index is -2.44. The first-order valence-electron chi connectivity index (χ1n) is 8.59. The Bertz CT molecular complexity index is 1100. The van der Waals surface area contributed by atoms with Gasteiger partial charge in [0.15, 0.2) is 5.69 Å². The summed E-state index contributed by atoms with van der Waals surface area (Å²) in [6.07, 6.45) is 2.11. The van der Waals surface area contributed by atoms with Gasteiger partial charge in [0.2, 0.25) is 0 Å². The van der Waals surface area contributed by atoms with Crippen LogP contribution in [0.2, 0.25) is 0 Å². The monoisotopic (exact) mass is 382 g/mol. The Balaban J connectivity index is 1.74. The van der Waals surface area contributed by atoms with E-state index in [1.165, 1.54) is 0 Å². The zero-order chi connectivity index (χ0) is 19.0. The molecule has 0 unspecified atom stereocenters. The molecule has 7 nitrogen and oxygen atoms in total. The number of nitrogens with one attached hydrogen (secondary N) is 1. The standard InChI is InChI=1S/C19H18N4O3S/c20-19(24)18-17(21-14-6-7-14)15-8-5-13(9-16(15)22-23-18)12-3-1-11(2-4-12)10-27(25)26/h1-5,8-9,14,27H,6-7,10H2,(H2,20,24)(H,21,22). The highest BCUT2D eigenvalue weighted by Gasteiger charge is 2.25. The van der Waals surface area contributed by atoms with Gasteiger partial charge in [0, 0.05) is 11.4 Å². The summed E-state index contributed by atoms with van der Waals surface area (Å²) in [4.78, 5) is 11.7. The maximum Gasteiger partial charge on any atom is 0.271 e. The van der Waals surface area contributed by atoms with E-state index in [2.05, 4.69) is 15.5 Å². The number of hydrogen-bond acceptors (Lipinski definition) is 6.